The summed E-state index contributed by atoms with van der Waals surface area (Å²) < 4.78 is 5.92. The Bertz CT molecular complexity index is 385. The lowest BCUT2D eigenvalue weighted by molar-refractivity contribution is -0.148. The Morgan fingerprint density at radius 2 is 2.17 bits per heavy atom. The molecule has 0 spiro atoms. The van der Waals surface area contributed by atoms with Crippen LogP contribution in [0.15, 0.2) is 30.3 Å². The average molecular weight is 249 g/mol. The van der Waals surface area contributed by atoms with Crippen LogP contribution in [0.2, 0.25) is 0 Å². The molecule has 1 aliphatic rings. The monoisotopic (exact) mass is 249 g/mol. The van der Waals surface area contributed by atoms with E-state index in [0.717, 1.165) is 24.9 Å². The van der Waals surface area contributed by atoms with Crippen LogP contribution in [0.3, 0.4) is 0 Å². The van der Waals surface area contributed by atoms with Crippen molar-refractivity contribution >= 4 is 5.97 Å². The van der Waals surface area contributed by atoms with E-state index in [1.54, 1.807) is 0 Å². The molecule has 0 aromatic heterocycles. The number of nitrogens with one attached hydrogen (secondary N) is 1. The first kappa shape index (κ1) is 13.1. The minimum Gasteiger partial charge on any atom is -0.481 e. The zero-order valence-corrected chi connectivity index (χ0v) is 10.4. The van der Waals surface area contributed by atoms with Crippen LogP contribution >= 0.6 is 0 Å². The van der Waals surface area contributed by atoms with E-state index in [2.05, 4.69) is 5.32 Å². The molecule has 1 unspecified atom stereocenters. The number of carboxylic acid groups (broad SMARTS) is 1. The highest BCUT2D eigenvalue weighted by Crippen LogP contribution is 2.26. The Labute approximate surface area is 107 Å². The first-order valence-corrected chi connectivity index (χ1v) is 6.31. The lowest BCUT2D eigenvalue weighted by Gasteiger charge is -2.36. The van der Waals surface area contributed by atoms with Crippen LogP contribution in [-0.2, 0) is 16.1 Å². The van der Waals surface area contributed by atoms with Gasteiger partial charge in [-0.15, -0.1) is 0 Å². The molecule has 1 aromatic carbocycles. The van der Waals surface area contributed by atoms with Gasteiger partial charge in [-0.05, 0) is 24.9 Å². The molecule has 18 heavy (non-hydrogen) atoms. The number of rotatable bonds is 5. The third kappa shape index (κ3) is 3.55. The van der Waals surface area contributed by atoms with E-state index in [4.69, 9.17) is 9.84 Å². The summed E-state index contributed by atoms with van der Waals surface area (Å²) in [5.41, 5.74) is 0.521. The van der Waals surface area contributed by atoms with Crippen LogP contribution < -0.4 is 5.32 Å². The molecule has 4 heteroatoms. The maximum Gasteiger partial charge on any atom is 0.306 e. The second-order valence-electron chi connectivity index (χ2n) is 4.81. The van der Waals surface area contributed by atoms with Crippen molar-refractivity contribution in [3.63, 3.8) is 0 Å². The number of aliphatic carboxylic acids is 1. The summed E-state index contributed by atoms with van der Waals surface area (Å²) in [7, 11) is 0. The van der Waals surface area contributed by atoms with Crippen molar-refractivity contribution in [3.05, 3.63) is 35.9 Å². The molecule has 1 fully saturated rings. The molecule has 0 aliphatic carbocycles. The van der Waals surface area contributed by atoms with Crippen molar-refractivity contribution < 1.29 is 14.6 Å². The van der Waals surface area contributed by atoms with Crippen LogP contribution in [0.25, 0.3) is 0 Å². The van der Waals surface area contributed by atoms with Crippen molar-refractivity contribution in [2.75, 3.05) is 13.1 Å². The molecule has 2 N–H and O–H groups in total. The highest BCUT2D eigenvalue weighted by Gasteiger charge is 2.35. The standard InChI is InChI=1S/C14H19NO3/c16-13(17)9-14(7-4-8-15-11-14)18-10-12-5-2-1-3-6-12/h1-3,5-6,15H,4,7-11H2,(H,16,17). The van der Waals surface area contributed by atoms with Gasteiger partial charge in [0.15, 0.2) is 0 Å². The number of ether oxygens (including phenoxy) is 1. The molecule has 2 rings (SSSR count). The third-order valence-electron chi connectivity index (χ3n) is 3.29. The normalized spacial score (nSPS) is 23.8. The minimum atomic E-state index is -0.799. The maximum atomic E-state index is 11.0. The fourth-order valence-corrected chi connectivity index (χ4v) is 2.35. The molecule has 0 saturated carbocycles. The van der Waals surface area contributed by atoms with E-state index >= 15 is 0 Å². The van der Waals surface area contributed by atoms with Gasteiger partial charge in [0, 0.05) is 6.54 Å². The molecule has 0 bridgehead atoms. The van der Waals surface area contributed by atoms with Gasteiger partial charge >= 0.3 is 5.97 Å². The van der Waals surface area contributed by atoms with Crippen molar-refractivity contribution in [1.29, 1.82) is 0 Å². The third-order valence-corrected chi connectivity index (χ3v) is 3.29. The lowest BCUT2D eigenvalue weighted by Crippen LogP contribution is -2.49. The lowest BCUT2D eigenvalue weighted by atomic mass is 9.90. The van der Waals surface area contributed by atoms with Gasteiger partial charge in [-0.3, -0.25) is 4.79 Å². The molecule has 1 aromatic rings. The SMILES string of the molecule is O=C(O)CC1(OCc2ccccc2)CCCNC1. The molecule has 0 amide bonds. The van der Waals surface area contributed by atoms with E-state index in [9.17, 15) is 4.79 Å². The van der Waals surface area contributed by atoms with E-state index in [1.165, 1.54) is 0 Å². The van der Waals surface area contributed by atoms with E-state index < -0.39 is 11.6 Å². The Balaban J connectivity index is 1.99. The van der Waals surface area contributed by atoms with Gasteiger partial charge in [0.05, 0.1) is 18.6 Å². The fraction of sp³-hybridized carbons (Fsp3) is 0.500. The smallest absolute Gasteiger partial charge is 0.306 e. The van der Waals surface area contributed by atoms with E-state index in [1.807, 2.05) is 30.3 Å². The molecule has 0 radical (unpaired) electrons. The summed E-state index contributed by atoms with van der Waals surface area (Å²) in [6.45, 7) is 2.03. The quantitative estimate of drug-likeness (QED) is 0.835. The summed E-state index contributed by atoms with van der Waals surface area (Å²) in [5, 5.41) is 12.2. The number of carbonyl (C=O) groups is 1. The second kappa shape index (κ2) is 5.98. The predicted octanol–water partition coefficient (Wildman–Crippen LogP) is 1.80. The fourth-order valence-electron chi connectivity index (χ4n) is 2.35. The molecule has 1 saturated heterocycles. The summed E-state index contributed by atoms with van der Waals surface area (Å²) in [6, 6.07) is 9.86. The maximum absolute atomic E-state index is 11.0. The van der Waals surface area contributed by atoms with Crippen LogP contribution in [0, 0.1) is 0 Å². The van der Waals surface area contributed by atoms with Gasteiger partial charge in [-0.2, -0.15) is 0 Å². The largest absolute Gasteiger partial charge is 0.481 e. The van der Waals surface area contributed by atoms with Gasteiger partial charge < -0.3 is 15.2 Å². The van der Waals surface area contributed by atoms with Gasteiger partial charge in [-0.1, -0.05) is 30.3 Å². The first-order valence-electron chi connectivity index (χ1n) is 6.31. The van der Waals surface area contributed by atoms with Crippen LogP contribution in [-0.4, -0.2) is 29.8 Å². The zero-order valence-electron chi connectivity index (χ0n) is 10.4. The molecule has 1 heterocycles. The van der Waals surface area contributed by atoms with Gasteiger partial charge in [0.1, 0.15) is 0 Å². The Morgan fingerprint density at radius 1 is 1.39 bits per heavy atom. The van der Waals surface area contributed by atoms with Crippen molar-refractivity contribution in [3.8, 4) is 0 Å². The number of hydrogen-bond donors (Lipinski definition) is 2. The summed E-state index contributed by atoms with van der Waals surface area (Å²) in [4.78, 5) is 11.0. The molecule has 4 nitrogen and oxygen atoms in total. The highest BCUT2D eigenvalue weighted by atomic mass is 16.5. The molecule has 1 atom stereocenters. The Kier molecular flexibility index (Phi) is 4.33. The van der Waals surface area contributed by atoms with Gasteiger partial charge in [0.2, 0.25) is 0 Å². The Morgan fingerprint density at radius 3 is 2.78 bits per heavy atom. The van der Waals surface area contributed by atoms with E-state index in [-0.39, 0.29) is 6.42 Å². The number of benzene rings is 1. The average Bonchev–Trinajstić information content (AvgIpc) is 2.38. The summed E-state index contributed by atoms with van der Waals surface area (Å²) in [6.07, 6.45) is 1.83. The number of piperidine rings is 1. The van der Waals surface area contributed by atoms with E-state index in [0.29, 0.717) is 13.2 Å². The number of hydrogen-bond acceptors (Lipinski definition) is 3. The first-order chi connectivity index (χ1) is 8.70. The summed E-state index contributed by atoms with van der Waals surface area (Å²) in [5.74, 6) is -0.799. The second-order valence-corrected chi connectivity index (χ2v) is 4.81. The summed E-state index contributed by atoms with van der Waals surface area (Å²) >= 11 is 0. The predicted molar refractivity (Wildman–Crippen MR) is 68.3 cm³/mol. The molecular formula is C14H19NO3. The zero-order chi connectivity index (χ0) is 12.8. The van der Waals surface area contributed by atoms with Crippen molar-refractivity contribution in [2.24, 2.45) is 0 Å². The highest BCUT2D eigenvalue weighted by molar-refractivity contribution is 5.68. The molecular weight excluding hydrogens is 230 g/mol. The van der Waals surface area contributed by atoms with Crippen molar-refractivity contribution in [2.45, 2.75) is 31.5 Å². The minimum absolute atomic E-state index is 0.0623. The molecule has 1 aliphatic heterocycles. The van der Waals surface area contributed by atoms with Crippen LogP contribution in [0.1, 0.15) is 24.8 Å². The Hall–Kier alpha value is -1.39. The topological polar surface area (TPSA) is 58.6 Å². The van der Waals surface area contributed by atoms with Crippen LogP contribution in [0.5, 0.6) is 0 Å². The van der Waals surface area contributed by atoms with Crippen LogP contribution in [0.4, 0.5) is 0 Å². The van der Waals surface area contributed by atoms with Gasteiger partial charge in [0.25, 0.3) is 0 Å². The molecule has 98 valence electrons. The number of carboxylic acids is 1. The van der Waals surface area contributed by atoms with Crippen molar-refractivity contribution in [1.82, 2.24) is 5.32 Å². The van der Waals surface area contributed by atoms with Gasteiger partial charge in [-0.25, -0.2) is 0 Å².